The van der Waals surface area contributed by atoms with Gasteiger partial charge in [-0.05, 0) is 63.9 Å². The Kier molecular flexibility index (Phi) is 4.75. The number of hydrogen-bond acceptors (Lipinski definition) is 4. The van der Waals surface area contributed by atoms with Gasteiger partial charge in [0.2, 0.25) is 5.95 Å². The first-order valence-electron chi connectivity index (χ1n) is 7.36. The highest BCUT2D eigenvalue weighted by Gasteiger charge is 2.11. The van der Waals surface area contributed by atoms with Gasteiger partial charge in [-0.2, -0.15) is 0 Å². The average molecular weight is 298 g/mol. The molecule has 0 atom stereocenters. The summed E-state index contributed by atoms with van der Waals surface area (Å²) in [5.74, 6) is 0.237. The fourth-order valence-corrected chi connectivity index (χ4v) is 2.03. The first kappa shape index (κ1) is 15.9. The number of rotatable bonds is 4. The third-order valence-corrected chi connectivity index (χ3v) is 3.27. The molecule has 0 unspecified atom stereocenters. The van der Waals surface area contributed by atoms with Crippen LogP contribution in [0.2, 0.25) is 0 Å². The third-order valence-electron chi connectivity index (χ3n) is 3.27. The SMILES string of the molecule is Cc1cc(C(=O)NC(C)C)nc(Nc2ccc(C)c(C)c2)n1. The highest BCUT2D eigenvalue weighted by atomic mass is 16.1. The molecule has 0 spiro atoms. The van der Waals surface area contributed by atoms with Crippen molar-refractivity contribution in [1.82, 2.24) is 15.3 Å². The van der Waals surface area contributed by atoms with Gasteiger partial charge in [0.15, 0.2) is 0 Å². The van der Waals surface area contributed by atoms with E-state index in [2.05, 4.69) is 34.4 Å². The topological polar surface area (TPSA) is 66.9 Å². The number of anilines is 2. The first-order valence-corrected chi connectivity index (χ1v) is 7.36. The van der Waals surface area contributed by atoms with Gasteiger partial charge in [-0.15, -0.1) is 0 Å². The minimum atomic E-state index is -0.191. The third kappa shape index (κ3) is 4.04. The van der Waals surface area contributed by atoms with Crippen LogP contribution in [0.1, 0.15) is 41.2 Å². The maximum Gasteiger partial charge on any atom is 0.270 e. The number of nitrogens with zero attached hydrogens (tertiary/aromatic N) is 2. The van der Waals surface area contributed by atoms with E-state index < -0.39 is 0 Å². The molecule has 22 heavy (non-hydrogen) atoms. The lowest BCUT2D eigenvalue weighted by Crippen LogP contribution is -2.31. The second kappa shape index (κ2) is 6.56. The second-order valence-corrected chi connectivity index (χ2v) is 5.77. The smallest absolute Gasteiger partial charge is 0.270 e. The molecule has 0 aliphatic heterocycles. The average Bonchev–Trinajstić information content (AvgIpc) is 2.41. The van der Waals surface area contributed by atoms with Crippen LogP contribution in [0.25, 0.3) is 0 Å². The Hall–Kier alpha value is -2.43. The van der Waals surface area contributed by atoms with Crippen LogP contribution in [0, 0.1) is 20.8 Å². The summed E-state index contributed by atoms with van der Waals surface area (Å²) in [4.78, 5) is 20.7. The standard InChI is InChI=1S/C17H22N4O/c1-10(2)18-16(22)15-9-13(5)19-17(21-15)20-14-7-6-11(3)12(4)8-14/h6-10H,1-5H3,(H,18,22)(H,19,20,21). The zero-order chi connectivity index (χ0) is 16.3. The van der Waals surface area contributed by atoms with Crippen LogP contribution in [-0.4, -0.2) is 21.9 Å². The van der Waals surface area contributed by atoms with Crippen LogP contribution in [0.4, 0.5) is 11.6 Å². The number of carbonyl (C=O) groups excluding carboxylic acids is 1. The Labute approximate surface area is 131 Å². The number of carbonyl (C=O) groups is 1. The fraction of sp³-hybridized carbons (Fsp3) is 0.353. The van der Waals surface area contributed by atoms with Crippen molar-refractivity contribution < 1.29 is 4.79 Å². The Morgan fingerprint density at radius 3 is 2.41 bits per heavy atom. The number of hydrogen-bond donors (Lipinski definition) is 2. The number of benzene rings is 1. The Morgan fingerprint density at radius 1 is 1.05 bits per heavy atom. The summed E-state index contributed by atoms with van der Waals surface area (Å²) >= 11 is 0. The van der Waals surface area contributed by atoms with Crippen molar-refractivity contribution in [2.75, 3.05) is 5.32 Å². The predicted molar refractivity (Wildman–Crippen MR) is 88.6 cm³/mol. The molecule has 0 saturated carbocycles. The van der Waals surface area contributed by atoms with Gasteiger partial charge < -0.3 is 10.6 Å². The van der Waals surface area contributed by atoms with E-state index in [1.165, 1.54) is 11.1 Å². The van der Waals surface area contributed by atoms with Gasteiger partial charge in [0.05, 0.1) is 0 Å². The van der Waals surface area contributed by atoms with Gasteiger partial charge in [0, 0.05) is 17.4 Å². The van der Waals surface area contributed by atoms with Crippen molar-refractivity contribution in [2.24, 2.45) is 0 Å². The van der Waals surface area contributed by atoms with E-state index in [0.29, 0.717) is 11.6 Å². The van der Waals surface area contributed by atoms with Crippen molar-refractivity contribution in [2.45, 2.75) is 40.7 Å². The van der Waals surface area contributed by atoms with Gasteiger partial charge in [0.25, 0.3) is 5.91 Å². The zero-order valence-corrected chi connectivity index (χ0v) is 13.7. The van der Waals surface area contributed by atoms with Gasteiger partial charge in [-0.1, -0.05) is 6.07 Å². The monoisotopic (exact) mass is 298 g/mol. The Balaban J connectivity index is 2.26. The normalized spacial score (nSPS) is 10.6. The van der Waals surface area contributed by atoms with Crippen molar-refractivity contribution in [1.29, 1.82) is 0 Å². The maximum absolute atomic E-state index is 12.1. The van der Waals surface area contributed by atoms with Crippen LogP contribution in [-0.2, 0) is 0 Å². The summed E-state index contributed by atoms with van der Waals surface area (Å²) in [6.07, 6.45) is 0. The van der Waals surface area contributed by atoms with E-state index in [0.717, 1.165) is 11.4 Å². The maximum atomic E-state index is 12.1. The molecule has 1 heterocycles. The molecule has 0 saturated heterocycles. The number of amides is 1. The lowest BCUT2D eigenvalue weighted by atomic mass is 10.1. The molecule has 5 nitrogen and oxygen atoms in total. The molecule has 0 aliphatic rings. The molecule has 0 bridgehead atoms. The molecule has 0 radical (unpaired) electrons. The summed E-state index contributed by atoms with van der Waals surface area (Å²) in [7, 11) is 0. The summed E-state index contributed by atoms with van der Waals surface area (Å²) in [5.41, 5.74) is 4.44. The molecule has 1 aromatic carbocycles. The van der Waals surface area contributed by atoms with E-state index in [1.807, 2.05) is 39.0 Å². The summed E-state index contributed by atoms with van der Waals surface area (Å²) < 4.78 is 0. The van der Waals surface area contributed by atoms with Crippen LogP contribution in [0.5, 0.6) is 0 Å². The predicted octanol–water partition coefficient (Wildman–Crippen LogP) is 3.28. The van der Waals surface area contributed by atoms with Crippen molar-refractivity contribution >= 4 is 17.5 Å². The molecule has 1 aromatic heterocycles. The lowest BCUT2D eigenvalue weighted by Gasteiger charge is -2.11. The molecule has 0 aliphatic carbocycles. The highest BCUT2D eigenvalue weighted by molar-refractivity contribution is 5.92. The lowest BCUT2D eigenvalue weighted by molar-refractivity contribution is 0.0938. The van der Waals surface area contributed by atoms with Crippen LogP contribution >= 0.6 is 0 Å². The van der Waals surface area contributed by atoms with E-state index in [-0.39, 0.29) is 11.9 Å². The number of nitrogens with one attached hydrogen (secondary N) is 2. The molecule has 2 aromatic rings. The fourth-order valence-electron chi connectivity index (χ4n) is 2.03. The minimum absolute atomic E-state index is 0.0685. The summed E-state index contributed by atoms with van der Waals surface area (Å²) in [6, 6.07) is 7.80. The van der Waals surface area contributed by atoms with Gasteiger partial charge in [-0.3, -0.25) is 4.79 Å². The quantitative estimate of drug-likeness (QED) is 0.909. The van der Waals surface area contributed by atoms with Gasteiger partial charge >= 0.3 is 0 Å². The molecule has 116 valence electrons. The van der Waals surface area contributed by atoms with E-state index >= 15 is 0 Å². The minimum Gasteiger partial charge on any atom is -0.349 e. The summed E-state index contributed by atoms with van der Waals surface area (Å²) in [6.45, 7) is 9.80. The van der Waals surface area contributed by atoms with Crippen molar-refractivity contribution in [3.63, 3.8) is 0 Å². The van der Waals surface area contributed by atoms with Crippen molar-refractivity contribution in [3.05, 3.63) is 46.8 Å². The van der Waals surface area contributed by atoms with Crippen LogP contribution in [0.15, 0.2) is 24.3 Å². The molecule has 1 amide bonds. The number of aryl methyl sites for hydroxylation is 3. The molecular formula is C17H22N4O. The van der Waals surface area contributed by atoms with Crippen LogP contribution in [0.3, 0.4) is 0 Å². The molecule has 2 rings (SSSR count). The van der Waals surface area contributed by atoms with Crippen LogP contribution < -0.4 is 10.6 Å². The molecule has 5 heteroatoms. The van der Waals surface area contributed by atoms with E-state index in [4.69, 9.17) is 0 Å². The first-order chi connectivity index (χ1) is 10.3. The molecule has 2 N–H and O–H groups in total. The van der Waals surface area contributed by atoms with Crippen molar-refractivity contribution in [3.8, 4) is 0 Å². The second-order valence-electron chi connectivity index (χ2n) is 5.77. The molecule has 0 fully saturated rings. The Bertz CT molecular complexity index is 695. The molecular weight excluding hydrogens is 276 g/mol. The number of aromatic nitrogens is 2. The van der Waals surface area contributed by atoms with Gasteiger partial charge in [-0.25, -0.2) is 9.97 Å². The van der Waals surface area contributed by atoms with E-state index in [1.54, 1.807) is 6.07 Å². The largest absolute Gasteiger partial charge is 0.349 e. The highest BCUT2D eigenvalue weighted by Crippen LogP contribution is 2.18. The Morgan fingerprint density at radius 2 is 1.77 bits per heavy atom. The van der Waals surface area contributed by atoms with E-state index in [9.17, 15) is 4.79 Å². The zero-order valence-electron chi connectivity index (χ0n) is 13.7. The summed E-state index contributed by atoms with van der Waals surface area (Å²) in [5, 5.41) is 6.00. The van der Waals surface area contributed by atoms with Gasteiger partial charge in [0.1, 0.15) is 5.69 Å².